The molecule has 6 rings (SSSR count). The molecule has 2 fully saturated rings. The minimum Gasteiger partial charge on any atom is -0.487 e. The first kappa shape index (κ1) is 31.9. The number of aryl methyl sites for hydroxylation is 1. The number of halogens is 1. The molecule has 1 N–H and O–H groups in total. The summed E-state index contributed by atoms with van der Waals surface area (Å²) < 4.78 is 17.7. The molecule has 2 bridgehead atoms. The maximum absolute atomic E-state index is 13.8. The molecule has 0 spiro atoms. The monoisotopic (exact) mass is 636 g/mol. The Morgan fingerprint density at radius 2 is 1.91 bits per heavy atom. The molecule has 1 amide bonds. The Labute approximate surface area is 271 Å². The highest BCUT2D eigenvalue weighted by Gasteiger charge is 2.45. The molecule has 9 heteroatoms. The van der Waals surface area contributed by atoms with Crippen LogP contribution in [0.5, 0.6) is 5.75 Å². The summed E-state index contributed by atoms with van der Waals surface area (Å²) in [5, 5.41) is 12.8. The summed E-state index contributed by atoms with van der Waals surface area (Å²) in [6, 6.07) is 11.3. The molecule has 1 saturated carbocycles. The molecule has 1 aliphatic carbocycles. The van der Waals surface area contributed by atoms with Crippen LogP contribution in [0.15, 0.2) is 48.6 Å². The zero-order chi connectivity index (χ0) is 31.6. The molecule has 0 aromatic heterocycles. The van der Waals surface area contributed by atoms with E-state index in [1.165, 1.54) is 12.7 Å². The number of carbonyl (C=O) groups is 2. The fourth-order valence-electron chi connectivity index (χ4n) is 7.69. The van der Waals surface area contributed by atoms with Gasteiger partial charge in [0.1, 0.15) is 12.4 Å². The number of hydrogen-bond acceptors (Lipinski definition) is 7. The number of anilines is 1. The molecule has 5 atom stereocenters. The van der Waals surface area contributed by atoms with Gasteiger partial charge in [0.25, 0.3) is 0 Å². The molecule has 0 unspecified atom stereocenters. The lowest BCUT2D eigenvalue weighted by atomic mass is 9.70. The molecule has 0 radical (unpaired) electrons. The second-order valence-electron chi connectivity index (χ2n) is 13.1. The highest BCUT2D eigenvalue weighted by molar-refractivity contribution is 6.30. The Kier molecular flexibility index (Phi) is 9.73. The number of ether oxygens (including phenoxy) is 3. The van der Waals surface area contributed by atoms with Crippen molar-refractivity contribution >= 4 is 29.2 Å². The SMILES string of the molecule is COC(=O)[C@@]1(O)CC(=O)N2CCC[C@H]2C/C=C/[C@H](OC)[C@@H]2CC[C@H]2CN2CCCCc3cc(Cl)ccc3COc3ccc1cc32. The van der Waals surface area contributed by atoms with Crippen molar-refractivity contribution in [2.24, 2.45) is 11.8 Å². The van der Waals surface area contributed by atoms with Gasteiger partial charge in [-0.2, -0.15) is 0 Å². The van der Waals surface area contributed by atoms with Crippen LogP contribution < -0.4 is 9.64 Å². The Morgan fingerprint density at radius 3 is 2.69 bits per heavy atom. The van der Waals surface area contributed by atoms with E-state index in [9.17, 15) is 14.7 Å². The number of benzene rings is 2. The van der Waals surface area contributed by atoms with Crippen molar-refractivity contribution in [2.75, 3.05) is 38.8 Å². The summed E-state index contributed by atoms with van der Waals surface area (Å²) in [5.74, 6) is 0.358. The van der Waals surface area contributed by atoms with E-state index in [0.717, 1.165) is 75.7 Å². The summed E-state index contributed by atoms with van der Waals surface area (Å²) >= 11 is 6.36. The quantitative estimate of drug-likeness (QED) is 0.329. The normalized spacial score (nSPS) is 29.6. The van der Waals surface area contributed by atoms with Crippen LogP contribution in [-0.2, 0) is 37.7 Å². The van der Waals surface area contributed by atoms with Crippen LogP contribution in [0.3, 0.4) is 0 Å². The van der Waals surface area contributed by atoms with Crippen molar-refractivity contribution in [3.8, 4) is 5.75 Å². The first-order valence-corrected chi connectivity index (χ1v) is 16.8. The van der Waals surface area contributed by atoms with Crippen LogP contribution in [0.4, 0.5) is 5.69 Å². The van der Waals surface area contributed by atoms with E-state index in [-0.39, 0.29) is 24.5 Å². The van der Waals surface area contributed by atoms with E-state index in [0.29, 0.717) is 41.3 Å². The number of fused-ring (bicyclic) bond motifs is 4. The number of rotatable bonds is 2. The minimum atomic E-state index is -2.14. The van der Waals surface area contributed by atoms with Crippen LogP contribution in [0.1, 0.15) is 68.1 Å². The number of hydrogen-bond donors (Lipinski definition) is 1. The predicted molar refractivity (Wildman–Crippen MR) is 173 cm³/mol. The molecule has 8 nitrogen and oxygen atoms in total. The average molecular weight is 637 g/mol. The Morgan fingerprint density at radius 1 is 1.04 bits per heavy atom. The molecule has 3 aliphatic heterocycles. The van der Waals surface area contributed by atoms with Gasteiger partial charge in [0.05, 0.1) is 25.3 Å². The second kappa shape index (κ2) is 13.7. The standard InChI is InChI=1S/C36H45ClN2O6/c1-43-32-10-5-8-29-9-6-18-39(29)34(40)21-36(42,35(41)44-2)27-13-16-33-31(20-27)38(22-25-12-15-30(25)32)17-4-3-7-24-19-28(37)14-11-26(24)23-45-33/h5,10-11,13-14,16,19-20,25,29-30,32,42H,3-4,6-9,12,15,17-18,21-23H2,1-2H3/b10-5+/t25-,29+,30+,32-,36+/m0/s1. The lowest BCUT2D eigenvalue weighted by Gasteiger charge is -2.44. The third kappa shape index (κ3) is 6.60. The van der Waals surface area contributed by atoms with Gasteiger partial charge in [-0.1, -0.05) is 35.9 Å². The summed E-state index contributed by atoms with van der Waals surface area (Å²) in [5.41, 5.74) is 1.28. The van der Waals surface area contributed by atoms with Gasteiger partial charge in [0.2, 0.25) is 5.91 Å². The smallest absolute Gasteiger partial charge is 0.343 e. The van der Waals surface area contributed by atoms with E-state index >= 15 is 0 Å². The van der Waals surface area contributed by atoms with Crippen LogP contribution in [0, 0.1) is 11.8 Å². The maximum atomic E-state index is 13.8. The number of aliphatic hydroxyl groups is 1. The molecule has 1 saturated heterocycles. The molecule has 4 aliphatic rings. The number of nitrogens with zero attached hydrogens (tertiary/aromatic N) is 2. The highest BCUT2D eigenvalue weighted by atomic mass is 35.5. The van der Waals surface area contributed by atoms with Gasteiger partial charge >= 0.3 is 5.97 Å². The lowest BCUT2D eigenvalue weighted by Crippen LogP contribution is -2.45. The third-order valence-corrected chi connectivity index (χ3v) is 10.7. The molecule has 45 heavy (non-hydrogen) atoms. The maximum Gasteiger partial charge on any atom is 0.343 e. The highest BCUT2D eigenvalue weighted by Crippen LogP contribution is 2.43. The second-order valence-corrected chi connectivity index (χ2v) is 13.5. The van der Waals surface area contributed by atoms with Gasteiger partial charge in [-0.05, 0) is 104 Å². The van der Waals surface area contributed by atoms with Gasteiger partial charge in [-0.3, -0.25) is 4.79 Å². The fraction of sp³-hybridized carbons (Fsp3) is 0.556. The summed E-state index contributed by atoms with van der Waals surface area (Å²) in [4.78, 5) is 31.2. The lowest BCUT2D eigenvalue weighted by molar-refractivity contribution is -0.168. The molecule has 2 aromatic rings. The molecule has 3 heterocycles. The zero-order valence-corrected chi connectivity index (χ0v) is 27.1. The van der Waals surface area contributed by atoms with E-state index in [2.05, 4.69) is 17.1 Å². The van der Waals surface area contributed by atoms with E-state index in [4.69, 9.17) is 25.8 Å². The van der Waals surface area contributed by atoms with Crippen molar-refractivity contribution < 1.29 is 28.9 Å². The van der Waals surface area contributed by atoms with Gasteiger partial charge in [-0.25, -0.2) is 4.79 Å². The minimum absolute atomic E-state index is 0.0110. The van der Waals surface area contributed by atoms with Crippen molar-refractivity contribution in [3.63, 3.8) is 0 Å². The van der Waals surface area contributed by atoms with Gasteiger partial charge in [0, 0.05) is 37.8 Å². The van der Waals surface area contributed by atoms with Crippen molar-refractivity contribution in [1.29, 1.82) is 0 Å². The molecule has 2 aromatic carbocycles. The Hall–Kier alpha value is -3.07. The number of amides is 1. The van der Waals surface area contributed by atoms with Crippen LogP contribution in [-0.4, -0.2) is 67.9 Å². The first-order valence-electron chi connectivity index (χ1n) is 16.4. The van der Waals surface area contributed by atoms with Gasteiger partial charge in [0.15, 0.2) is 5.60 Å². The van der Waals surface area contributed by atoms with Crippen LogP contribution in [0.25, 0.3) is 0 Å². The van der Waals surface area contributed by atoms with E-state index in [1.54, 1.807) is 13.2 Å². The van der Waals surface area contributed by atoms with E-state index in [1.807, 2.05) is 35.2 Å². The largest absolute Gasteiger partial charge is 0.487 e. The van der Waals surface area contributed by atoms with Crippen molar-refractivity contribution in [3.05, 3.63) is 70.3 Å². The zero-order valence-electron chi connectivity index (χ0n) is 26.4. The third-order valence-electron chi connectivity index (χ3n) is 10.4. The predicted octanol–water partition coefficient (Wildman–Crippen LogP) is 5.80. The number of methoxy groups -OCH3 is 2. The summed E-state index contributed by atoms with van der Waals surface area (Å²) in [7, 11) is 3.04. The van der Waals surface area contributed by atoms with E-state index < -0.39 is 11.6 Å². The molecular formula is C36H45ClN2O6. The number of carbonyl (C=O) groups excluding carboxylic acids is 2. The van der Waals surface area contributed by atoms with Crippen LogP contribution >= 0.6 is 11.6 Å². The first-order chi connectivity index (χ1) is 21.8. The van der Waals surface area contributed by atoms with Gasteiger partial charge in [-0.15, -0.1) is 0 Å². The van der Waals surface area contributed by atoms with Crippen LogP contribution in [0.2, 0.25) is 5.02 Å². The fourth-order valence-corrected chi connectivity index (χ4v) is 7.88. The van der Waals surface area contributed by atoms with Gasteiger partial charge < -0.3 is 29.1 Å². The summed E-state index contributed by atoms with van der Waals surface area (Å²) in [6.45, 7) is 2.54. The topological polar surface area (TPSA) is 88.5 Å². The van der Waals surface area contributed by atoms with Crippen molar-refractivity contribution in [2.45, 2.75) is 82.1 Å². The Balaban J connectivity index is 1.44. The average Bonchev–Trinajstić information content (AvgIpc) is 3.49. The Bertz CT molecular complexity index is 1430. The summed E-state index contributed by atoms with van der Waals surface area (Å²) in [6.07, 6.45) is 11.5. The molecular weight excluding hydrogens is 592 g/mol. The molecule has 242 valence electrons. The number of esters is 1. The van der Waals surface area contributed by atoms with Crippen molar-refractivity contribution in [1.82, 2.24) is 4.90 Å².